The van der Waals surface area contributed by atoms with Crippen molar-refractivity contribution in [3.63, 3.8) is 0 Å². The van der Waals surface area contributed by atoms with Crippen LogP contribution in [-0.4, -0.2) is 72.2 Å². The fourth-order valence-electron chi connectivity index (χ4n) is 3.09. The molecule has 1 fully saturated rings. The van der Waals surface area contributed by atoms with Gasteiger partial charge < -0.3 is 25.4 Å². The summed E-state index contributed by atoms with van der Waals surface area (Å²) >= 11 is 0. The van der Waals surface area contributed by atoms with Crippen LogP contribution in [0.5, 0.6) is 11.5 Å². The minimum Gasteiger partial charge on any atom is -0.493 e. The molecule has 1 aliphatic heterocycles. The zero-order chi connectivity index (χ0) is 21.3. The number of benzene rings is 1. The van der Waals surface area contributed by atoms with Gasteiger partial charge in [0.25, 0.3) is 0 Å². The number of sulfone groups is 1. The van der Waals surface area contributed by atoms with Gasteiger partial charge in [-0.1, -0.05) is 6.07 Å². The van der Waals surface area contributed by atoms with Crippen molar-refractivity contribution in [1.82, 2.24) is 16.0 Å². The quantitative estimate of drug-likeness (QED) is 0.379. The standard InChI is InChI=1S/C19H30N4O5S/c1-20-19(21-9-6-14-4-5-16(27-2)17(12-14)28-3)22-10-7-18(24)23-15-8-11-29(25,26)13-15/h4-5,12,15H,6-11,13H2,1-3H3,(H,23,24)(H2,20,21,22). The van der Waals surface area contributed by atoms with Gasteiger partial charge in [-0.15, -0.1) is 0 Å². The Labute approximate surface area is 172 Å². The first-order valence-corrected chi connectivity index (χ1v) is 11.3. The number of methoxy groups -OCH3 is 2. The molecule has 1 heterocycles. The van der Waals surface area contributed by atoms with E-state index in [2.05, 4.69) is 20.9 Å². The molecule has 9 nitrogen and oxygen atoms in total. The molecular weight excluding hydrogens is 396 g/mol. The Hall–Kier alpha value is -2.49. The van der Waals surface area contributed by atoms with Crippen molar-refractivity contribution >= 4 is 21.7 Å². The third-order valence-electron chi connectivity index (χ3n) is 4.62. The number of carbonyl (C=O) groups excluding carboxylic acids is 1. The van der Waals surface area contributed by atoms with Gasteiger partial charge in [0.15, 0.2) is 27.3 Å². The van der Waals surface area contributed by atoms with E-state index in [1.54, 1.807) is 21.3 Å². The highest BCUT2D eigenvalue weighted by Gasteiger charge is 2.28. The zero-order valence-corrected chi connectivity index (χ0v) is 18.0. The lowest BCUT2D eigenvalue weighted by Crippen LogP contribution is -2.41. The number of ether oxygens (including phenoxy) is 2. The van der Waals surface area contributed by atoms with Crippen LogP contribution < -0.4 is 25.4 Å². The molecule has 0 bridgehead atoms. The summed E-state index contributed by atoms with van der Waals surface area (Å²) in [5, 5.41) is 9.05. The van der Waals surface area contributed by atoms with Crippen LogP contribution in [0, 0.1) is 0 Å². The second kappa shape index (κ2) is 10.9. The van der Waals surface area contributed by atoms with E-state index in [1.807, 2.05) is 18.2 Å². The first-order valence-electron chi connectivity index (χ1n) is 9.52. The largest absolute Gasteiger partial charge is 0.493 e. The van der Waals surface area contributed by atoms with E-state index in [4.69, 9.17) is 9.47 Å². The van der Waals surface area contributed by atoms with Crippen LogP contribution in [0.2, 0.25) is 0 Å². The van der Waals surface area contributed by atoms with Crippen molar-refractivity contribution < 1.29 is 22.7 Å². The number of aliphatic imine (C=N–C) groups is 1. The molecular formula is C19H30N4O5S. The van der Waals surface area contributed by atoms with Gasteiger partial charge in [-0.2, -0.15) is 0 Å². The lowest BCUT2D eigenvalue weighted by Gasteiger charge is -2.14. The molecule has 1 unspecified atom stereocenters. The predicted molar refractivity (Wildman–Crippen MR) is 112 cm³/mol. The van der Waals surface area contributed by atoms with Gasteiger partial charge in [0.1, 0.15) is 0 Å². The van der Waals surface area contributed by atoms with E-state index in [0.717, 1.165) is 12.0 Å². The summed E-state index contributed by atoms with van der Waals surface area (Å²) in [6, 6.07) is 5.51. The number of guanidine groups is 1. The number of nitrogens with one attached hydrogen (secondary N) is 3. The first kappa shape index (κ1) is 22.8. The summed E-state index contributed by atoms with van der Waals surface area (Å²) in [6.07, 6.45) is 1.49. The smallest absolute Gasteiger partial charge is 0.222 e. The maximum absolute atomic E-state index is 12.0. The molecule has 0 spiro atoms. The Bertz CT molecular complexity index is 826. The molecule has 1 saturated heterocycles. The zero-order valence-electron chi connectivity index (χ0n) is 17.2. The monoisotopic (exact) mass is 426 g/mol. The lowest BCUT2D eigenvalue weighted by molar-refractivity contribution is -0.121. The number of hydrogen-bond acceptors (Lipinski definition) is 6. The second-order valence-corrected chi connectivity index (χ2v) is 9.01. The lowest BCUT2D eigenvalue weighted by atomic mass is 10.1. The van der Waals surface area contributed by atoms with Gasteiger partial charge in [-0.25, -0.2) is 8.42 Å². The van der Waals surface area contributed by atoms with Gasteiger partial charge in [0, 0.05) is 32.6 Å². The maximum atomic E-state index is 12.0. The van der Waals surface area contributed by atoms with Crippen molar-refractivity contribution in [2.75, 3.05) is 45.9 Å². The van der Waals surface area contributed by atoms with E-state index in [-0.39, 0.29) is 29.9 Å². The first-order chi connectivity index (χ1) is 13.9. The molecule has 162 valence electrons. The summed E-state index contributed by atoms with van der Waals surface area (Å²) in [7, 11) is 1.87. The van der Waals surface area contributed by atoms with Crippen LogP contribution in [0.25, 0.3) is 0 Å². The highest BCUT2D eigenvalue weighted by Crippen LogP contribution is 2.27. The molecule has 0 saturated carbocycles. The molecule has 10 heteroatoms. The number of amides is 1. The molecule has 0 radical (unpaired) electrons. The molecule has 0 aromatic heterocycles. The van der Waals surface area contributed by atoms with E-state index in [1.165, 1.54) is 0 Å². The third-order valence-corrected chi connectivity index (χ3v) is 6.39. The van der Waals surface area contributed by atoms with Crippen molar-refractivity contribution in [2.45, 2.75) is 25.3 Å². The molecule has 1 aromatic carbocycles. The Kier molecular flexibility index (Phi) is 8.56. The molecule has 1 aliphatic rings. The van der Waals surface area contributed by atoms with Crippen LogP contribution in [0.3, 0.4) is 0 Å². The maximum Gasteiger partial charge on any atom is 0.222 e. The van der Waals surface area contributed by atoms with Crippen molar-refractivity contribution in [2.24, 2.45) is 4.99 Å². The summed E-state index contributed by atoms with van der Waals surface area (Å²) in [5.74, 6) is 1.99. The van der Waals surface area contributed by atoms with Gasteiger partial charge in [-0.3, -0.25) is 9.79 Å². The van der Waals surface area contributed by atoms with Crippen LogP contribution in [-0.2, 0) is 21.1 Å². The third kappa shape index (κ3) is 7.45. The average Bonchev–Trinajstić information content (AvgIpc) is 3.04. The average molecular weight is 427 g/mol. The Balaban J connectivity index is 1.68. The Morgan fingerprint density at radius 2 is 1.90 bits per heavy atom. The van der Waals surface area contributed by atoms with Gasteiger partial charge in [-0.05, 0) is 30.5 Å². The molecule has 3 N–H and O–H groups in total. The van der Waals surface area contributed by atoms with Gasteiger partial charge in [0.2, 0.25) is 5.91 Å². The van der Waals surface area contributed by atoms with Crippen molar-refractivity contribution in [1.29, 1.82) is 0 Å². The fraction of sp³-hybridized carbons (Fsp3) is 0.579. The number of hydrogen-bond donors (Lipinski definition) is 3. The fourth-order valence-corrected chi connectivity index (χ4v) is 4.76. The topological polar surface area (TPSA) is 118 Å². The minimum atomic E-state index is -3.00. The molecule has 0 aliphatic carbocycles. The van der Waals surface area contributed by atoms with Crippen molar-refractivity contribution in [3.05, 3.63) is 23.8 Å². The molecule has 1 amide bonds. The van der Waals surface area contributed by atoms with E-state index in [0.29, 0.717) is 37.0 Å². The van der Waals surface area contributed by atoms with Crippen LogP contribution in [0.15, 0.2) is 23.2 Å². The summed E-state index contributed by atoms with van der Waals surface area (Å²) in [6.45, 7) is 1.06. The number of rotatable bonds is 9. The highest BCUT2D eigenvalue weighted by atomic mass is 32.2. The van der Waals surface area contributed by atoms with Crippen molar-refractivity contribution in [3.8, 4) is 11.5 Å². The SMILES string of the molecule is CN=C(NCCC(=O)NC1CCS(=O)(=O)C1)NCCc1ccc(OC)c(OC)c1. The predicted octanol–water partition coefficient (Wildman–Crippen LogP) is 0.105. The minimum absolute atomic E-state index is 0.0333. The Morgan fingerprint density at radius 3 is 2.52 bits per heavy atom. The molecule has 29 heavy (non-hydrogen) atoms. The normalized spacial score (nSPS) is 18.2. The number of carbonyl (C=O) groups is 1. The number of nitrogens with zero attached hydrogens (tertiary/aromatic N) is 1. The van der Waals surface area contributed by atoms with E-state index >= 15 is 0 Å². The Morgan fingerprint density at radius 1 is 1.17 bits per heavy atom. The van der Waals surface area contributed by atoms with Crippen LogP contribution in [0.1, 0.15) is 18.4 Å². The molecule has 2 rings (SSSR count). The van der Waals surface area contributed by atoms with E-state index < -0.39 is 9.84 Å². The van der Waals surface area contributed by atoms with Crippen LogP contribution >= 0.6 is 0 Å². The van der Waals surface area contributed by atoms with Crippen LogP contribution in [0.4, 0.5) is 0 Å². The summed E-state index contributed by atoms with van der Waals surface area (Å²) in [4.78, 5) is 16.1. The highest BCUT2D eigenvalue weighted by molar-refractivity contribution is 7.91. The van der Waals surface area contributed by atoms with Gasteiger partial charge in [0.05, 0.1) is 25.7 Å². The molecule has 1 atom stereocenters. The summed E-state index contributed by atoms with van der Waals surface area (Å²) in [5.41, 5.74) is 1.09. The van der Waals surface area contributed by atoms with E-state index in [9.17, 15) is 13.2 Å². The van der Waals surface area contributed by atoms with Gasteiger partial charge >= 0.3 is 0 Å². The molecule has 1 aromatic rings. The summed E-state index contributed by atoms with van der Waals surface area (Å²) < 4.78 is 33.4. The second-order valence-electron chi connectivity index (χ2n) is 6.78.